The second-order valence-corrected chi connectivity index (χ2v) is 12.7. The molecule has 1 aromatic heterocycles. The van der Waals surface area contributed by atoms with Crippen molar-refractivity contribution in [3.8, 4) is 5.75 Å². The van der Waals surface area contributed by atoms with E-state index in [2.05, 4.69) is 37.6 Å². The molecule has 6 rings (SSSR count). The van der Waals surface area contributed by atoms with Crippen LogP contribution in [0.1, 0.15) is 60.0 Å². The third kappa shape index (κ3) is 7.04. The van der Waals surface area contributed by atoms with Crippen molar-refractivity contribution in [1.29, 1.82) is 0 Å². The van der Waals surface area contributed by atoms with Crippen molar-refractivity contribution >= 4 is 35.0 Å². The number of likely N-dealkylation sites (tertiary alicyclic amines) is 1. The number of methoxy groups -OCH3 is 1. The molecule has 2 aromatic carbocycles. The lowest BCUT2D eigenvalue weighted by molar-refractivity contribution is -0.140. The Labute approximate surface area is 277 Å². The Kier molecular flexibility index (Phi) is 9.74. The average molecular weight is 667 g/mol. The summed E-state index contributed by atoms with van der Waals surface area (Å²) >= 11 is 0. The van der Waals surface area contributed by atoms with Crippen LogP contribution in [0, 0.1) is 5.82 Å². The molecule has 1 saturated carbocycles. The number of rotatable bonds is 9. The molecular weight excluding hydrogens is 625 g/mol. The summed E-state index contributed by atoms with van der Waals surface area (Å²) in [6.07, 6.45) is 5.93. The van der Waals surface area contributed by atoms with Crippen molar-refractivity contribution in [3.63, 3.8) is 0 Å². The molecule has 2 amide bonds. The highest BCUT2D eigenvalue weighted by Crippen LogP contribution is 2.40. The molecule has 0 spiro atoms. The van der Waals surface area contributed by atoms with Gasteiger partial charge in [0, 0.05) is 51.4 Å². The molecule has 3 aliphatic rings. The number of anilines is 4. The van der Waals surface area contributed by atoms with Gasteiger partial charge >= 0.3 is 5.92 Å². The molecule has 1 aliphatic carbocycles. The van der Waals surface area contributed by atoms with Crippen LogP contribution in [0.4, 0.5) is 36.3 Å². The second kappa shape index (κ2) is 14.0. The van der Waals surface area contributed by atoms with Gasteiger partial charge in [-0.2, -0.15) is 13.8 Å². The number of amides is 2. The number of nitrogens with two attached hydrogens (primary N) is 1. The largest absolute Gasteiger partial charge is 0.495 e. The first-order valence-corrected chi connectivity index (χ1v) is 16.3. The van der Waals surface area contributed by atoms with Gasteiger partial charge in [-0.25, -0.2) is 9.37 Å². The molecule has 0 radical (unpaired) electrons. The Morgan fingerprint density at radius 2 is 1.83 bits per heavy atom. The van der Waals surface area contributed by atoms with Crippen molar-refractivity contribution in [1.82, 2.24) is 20.2 Å². The number of fused-ring (bicyclic) bond motifs is 1. The SMILES string of the molecule is COc1cc(C(=O)NC2CCN(Cc3cccc(CN)c3)CC2)c(F)cc1Nc1ncc2c(n1)N(C1CCCC1)CC(F)(F)C(=O)N2C. The Bertz CT molecular complexity index is 1660. The third-order valence-corrected chi connectivity index (χ3v) is 9.47. The number of carbonyl (C=O) groups is 2. The highest BCUT2D eigenvalue weighted by molar-refractivity contribution is 6.02. The summed E-state index contributed by atoms with van der Waals surface area (Å²) in [7, 11) is 2.67. The summed E-state index contributed by atoms with van der Waals surface area (Å²) in [6.45, 7) is 2.06. The Balaban J connectivity index is 1.15. The molecule has 14 heteroatoms. The summed E-state index contributed by atoms with van der Waals surface area (Å²) < 4.78 is 50.8. The lowest BCUT2D eigenvalue weighted by Gasteiger charge is -2.32. The Hall–Kier alpha value is -4.43. The fourth-order valence-corrected chi connectivity index (χ4v) is 6.83. The zero-order chi connectivity index (χ0) is 34.0. The molecule has 11 nitrogen and oxygen atoms in total. The van der Waals surface area contributed by atoms with Gasteiger partial charge in [-0.15, -0.1) is 0 Å². The zero-order valence-electron chi connectivity index (χ0n) is 27.1. The van der Waals surface area contributed by atoms with Gasteiger partial charge in [-0.05, 0) is 42.9 Å². The number of nitrogens with zero attached hydrogens (tertiary/aromatic N) is 5. The predicted molar refractivity (Wildman–Crippen MR) is 176 cm³/mol. The summed E-state index contributed by atoms with van der Waals surface area (Å²) in [4.78, 5) is 39.3. The van der Waals surface area contributed by atoms with Gasteiger partial charge in [-0.1, -0.05) is 37.1 Å². The van der Waals surface area contributed by atoms with Crippen LogP contribution >= 0.6 is 0 Å². The first kappa shape index (κ1) is 33.5. The molecule has 48 heavy (non-hydrogen) atoms. The number of hydrogen-bond donors (Lipinski definition) is 3. The van der Waals surface area contributed by atoms with Gasteiger partial charge in [0.05, 0.1) is 31.1 Å². The van der Waals surface area contributed by atoms with Crippen LogP contribution in [0.25, 0.3) is 0 Å². The van der Waals surface area contributed by atoms with Gasteiger partial charge in [0.1, 0.15) is 17.3 Å². The van der Waals surface area contributed by atoms with E-state index in [9.17, 15) is 18.4 Å². The summed E-state index contributed by atoms with van der Waals surface area (Å²) in [5.41, 5.74) is 8.18. The minimum absolute atomic E-state index is 0.000715. The van der Waals surface area contributed by atoms with Crippen molar-refractivity contribution in [2.45, 2.75) is 69.6 Å². The van der Waals surface area contributed by atoms with Crippen molar-refractivity contribution in [3.05, 3.63) is 65.1 Å². The van der Waals surface area contributed by atoms with Gasteiger partial charge < -0.3 is 30.9 Å². The molecule has 2 fully saturated rings. The average Bonchev–Trinajstić information content (AvgIpc) is 3.60. The number of halogens is 3. The molecule has 0 unspecified atom stereocenters. The number of alkyl halides is 2. The van der Waals surface area contributed by atoms with Gasteiger partial charge in [0.25, 0.3) is 11.8 Å². The third-order valence-electron chi connectivity index (χ3n) is 9.47. The number of ether oxygens (including phenoxy) is 1. The van der Waals surface area contributed by atoms with Crippen molar-refractivity contribution in [2.75, 3.05) is 48.9 Å². The zero-order valence-corrected chi connectivity index (χ0v) is 27.1. The molecule has 4 N–H and O–H groups in total. The maximum Gasteiger partial charge on any atom is 0.342 e. The summed E-state index contributed by atoms with van der Waals surface area (Å²) in [5, 5.41) is 5.89. The predicted octanol–water partition coefficient (Wildman–Crippen LogP) is 4.58. The van der Waals surface area contributed by atoms with Crippen LogP contribution < -0.4 is 30.9 Å². The number of hydrogen-bond acceptors (Lipinski definition) is 9. The van der Waals surface area contributed by atoms with E-state index < -0.39 is 30.1 Å². The maximum absolute atomic E-state index is 15.5. The van der Waals surface area contributed by atoms with E-state index in [-0.39, 0.29) is 46.5 Å². The number of nitrogens with one attached hydrogen (secondary N) is 2. The van der Waals surface area contributed by atoms with Crippen molar-refractivity contribution in [2.24, 2.45) is 5.73 Å². The summed E-state index contributed by atoms with van der Waals surface area (Å²) in [6, 6.07) is 10.3. The smallest absolute Gasteiger partial charge is 0.342 e. The normalized spacial score (nSPS) is 18.8. The van der Waals surface area contributed by atoms with E-state index in [0.29, 0.717) is 19.4 Å². The molecule has 0 bridgehead atoms. The van der Waals surface area contributed by atoms with Gasteiger partial charge in [0.2, 0.25) is 5.95 Å². The molecule has 2 aliphatic heterocycles. The number of carbonyl (C=O) groups excluding carboxylic acids is 2. The maximum atomic E-state index is 15.5. The fraction of sp³-hybridized carbons (Fsp3) is 0.471. The van der Waals surface area contributed by atoms with E-state index in [1.54, 1.807) is 0 Å². The van der Waals surface area contributed by atoms with Crippen LogP contribution in [-0.2, 0) is 17.9 Å². The van der Waals surface area contributed by atoms with Crippen LogP contribution in [-0.4, -0.2) is 78.5 Å². The highest BCUT2D eigenvalue weighted by Gasteiger charge is 2.48. The van der Waals surface area contributed by atoms with Crippen LogP contribution in [0.15, 0.2) is 42.6 Å². The van der Waals surface area contributed by atoms with E-state index in [0.717, 1.165) is 61.8 Å². The molecule has 256 valence electrons. The quantitative estimate of drug-likeness (QED) is 0.301. The molecule has 3 heterocycles. The second-order valence-electron chi connectivity index (χ2n) is 12.7. The van der Waals surface area contributed by atoms with Crippen molar-refractivity contribution < 1.29 is 27.5 Å². The van der Waals surface area contributed by atoms with E-state index in [4.69, 9.17) is 10.5 Å². The van der Waals surface area contributed by atoms with E-state index in [1.165, 1.54) is 36.9 Å². The summed E-state index contributed by atoms with van der Waals surface area (Å²) in [5.74, 6) is -5.90. The topological polar surface area (TPSA) is 129 Å². The van der Waals surface area contributed by atoms with Gasteiger partial charge in [-0.3, -0.25) is 14.5 Å². The Morgan fingerprint density at radius 3 is 2.54 bits per heavy atom. The minimum Gasteiger partial charge on any atom is -0.495 e. The molecule has 0 atom stereocenters. The molecular formula is C34H41F3N8O3. The van der Waals surface area contributed by atoms with E-state index in [1.807, 2.05) is 12.1 Å². The van der Waals surface area contributed by atoms with Crippen LogP contribution in [0.2, 0.25) is 0 Å². The number of aromatic nitrogens is 2. The number of benzene rings is 2. The first-order valence-electron chi connectivity index (χ1n) is 16.3. The van der Waals surface area contributed by atoms with Crippen LogP contribution in [0.5, 0.6) is 5.75 Å². The lowest BCUT2D eigenvalue weighted by atomic mass is 10.0. The minimum atomic E-state index is -3.61. The van der Waals surface area contributed by atoms with E-state index >= 15 is 4.39 Å². The van der Waals surface area contributed by atoms with Crippen LogP contribution in [0.3, 0.4) is 0 Å². The fourth-order valence-electron chi connectivity index (χ4n) is 6.83. The molecule has 3 aromatic rings. The highest BCUT2D eigenvalue weighted by atomic mass is 19.3. The Morgan fingerprint density at radius 1 is 1.10 bits per heavy atom. The molecule has 1 saturated heterocycles. The van der Waals surface area contributed by atoms with Gasteiger partial charge in [0.15, 0.2) is 5.82 Å². The first-order chi connectivity index (χ1) is 23.1. The number of piperidine rings is 1. The lowest BCUT2D eigenvalue weighted by Crippen LogP contribution is -2.48. The standard InChI is InChI=1S/C34H41F3N8O3/c1-43-28-18-39-33(42-30(28)45(24-8-3-4-9-24)20-34(36,37)32(43)47)41-27-16-26(35)25(15-29(27)48-2)31(46)40-23-10-12-44(13-11-23)19-22-7-5-6-21(14-22)17-38/h5-7,14-16,18,23-24H,3-4,8-13,17,19-20,38H2,1-2H3,(H,40,46)(H,39,41,42). The monoisotopic (exact) mass is 666 g/mol.